The van der Waals surface area contributed by atoms with Crippen LogP contribution in [-0.4, -0.2) is 60.2 Å². The number of allylic oxidation sites excluding steroid dienone is 4. The largest absolute Gasteiger partial charge is 0.481 e. The van der Waals surface area contributed by atoms with E-state index in [0.29, 0.717) is 11.0 Å². The first kappa shape index (κ1) is 22.9. The molecule has 0 radical (unpaired) electrons. The number of hydrazone groups is 1. The minimum atomic E-state index is -3.79. The van der Waals surface area contributed by atoms with E-state index in [2.05, 4.69) is 11.7 Å². The van der Waals surface area contributed by atoms with Crippen molar-refractivity contribution in [1.82, 2.24) is 9.31 Å². The Bertz CT molecular complexity index is 1290. The molecule has 2 aromatic rings. The zero-order chi connectivity index (χ0) is 23.8. The second-order valence-corrected chi connectivity index (χ2v) is 10.1. The highest BCUT2D eigenvalue weighted by Crippen LogP contribution is 2.30. The van der Waals surface area contributed by atoms with E-state index in [4.69, 9.17) is 4.42 Å². The summed E-state index contributed by atoms with van der Waals surface area (Å²) in [4.78, 5) is 11.5. The topological polar surface area (TPSA) is 103 Å². The number of benzene rings is 1. The molecule has 33 heavy (non-hydrogen) atoms. The van der Waals surface area contributed by atoms with Gasteiger partial charge >= 0.3 is 5.97 Å². The zero-order valence-corrected chi connectivity index (χ0v) is 18.8. The minimum absolute atomic E-state index is 0.0659. The molecule has 0 aliphatic carbocycles. The molecule has 2 aliphatic heterocycles. The van der Waals surface area contributed by atoms with Crippen LogP contribution in [0.5, 0.6) is 0 Å². The number of carbonyl (C=O) groups is 1. The van der Waals surface area contributed by atoms with Crippen molar-refractivity contribution in [2.75, 3.05) is 19.6 Å². The van der Waals surface area contributed by atoms with Crippen molar-refractivity contribution in [3.63, 3.8) is 0 Å². The van der Waals surface area contributed by atoms with Gasteiger partial charge in [-0.25, -0.2) is 12.8 Å². The van der Waals surface area contributed by atoms with Gasteiger partial charge in [0.15, 0.2) is 0 Å². The first-order valence-electron chi connectivity index (χ1n) is 10.4. The highest BCUT2D eigenvalue weighted by atomic mass is 32.2. The number of fused-ring (bicyclic) bond motifs is 1. The molecule has 2 atom stereocenters. The average Bonchev–Trinajstić information content (AvgIpc) is 3.40. The lowest BCUT2D eigenvalue weighted by molar-refractivity contribution is -0.135. The molecule has 1 aromatic heterocycles. The number of carboxylic acids is 1. The Kier molecular flexibility index (Phi) is 6.22. The van der Waals surface area contributed by atoms with E-state index in [1.807, 2.05) is 6.92 Å². The quantitative estimate of drug-likeness (QED) is 0.712. The van der Waals surface area contributed by atoms with Gasteiger partial charge in [-0.3, -0.25) is 9.80 Å². The van der Waals surface area contributed by atoms with E-state index < -0.39 is 21.8 Å². The third kappa shape index (κ3) is 4.76. The molecule has 8 nitrogen and oxygen atoms in total. The normalized spacial score (nSPS) is 26.7. The molecular formula is C23H24FN3O5S. The van der Waals surface area contributed by atoms with Gasteiger partial charge in [0.2, 0.25) is 10.0 Å². The Morgan fingerprint density at radius 1 is 1.30 bits per heavy atom. The maximum Gasteiger partial charge on any atom is 0.309 e. The van der Waals surface area contributed by atoms with Crippen LogP contribution in [0.25, 0.3) is 11.0 Å². The maximum atomic E-state index is 14.1. The second kappa shape index (κ2) is 8.95. The Balaban J connectivity index is 1.63. The van der Waals surface area contributed by atoms with E-state index in [1.165, 1.54) is 34.9 Å². The highest BCUT2D eigenvalue weighted by Gasteiger charge is 2.40. The van der Waals surface area contributed by atoms with Crippen molar-refractivity contribution in [3.8, 4) is 0 Å². The summed E-state index contributed by atoms with van der Waals surface area (Å²) in [6.07, 6.45) is 5.05. The molecule has 1 saturated heterocycles. The number of hydrogen-bond donors (Lipinski definition) is 1. The number of hydrogen-bond acceptors (Lipinski definition) is 6. The molecule has 10 heteroatoms. The summed E-state index contributed by atoms with van der Waals surface area (Å²) in [5.74, 6) is -1.73. The molecule has 0 bridgehead atoms. The standard InChI is InChI=1S/C23H24FN3O5S/c1-15-3-4-18(24)7-9-27(25-20(15)12-23(28)29)21-14-26(13-16(21)2)33(30,31)19-5-6-22-17(11-19)8-10-32-22/h3-8,10-11,16,21H,1,9,12-14H2,2H3,(H,28,29)/b4-3-,18-7+,25-20-/t16-,21+/m1/s1. The molecule has 4 rings (SSSR count). The van der Waals surface area contributed by atoms with Crippen LogP contribution in [0, 0.1) is 5.92 Å². The molecule has 1 aromatic carbocycles. The van der Waals surface area contributed by atoms with E-state index in [1.54, 1.807) is 23.2 Å². The average molecular weight is 474 g/mol. The molecule has 0 amide bonds. The lowest BCUT2D eigenvalue weighted by atomic mass is 10.1. The fraction of sp³-hybridized carbons (Fsp3) is 0.304. The number of aliphatic carboxylic acids is 1. The number of halogens is 1. The van der Waals surface area contributed by atoms with Gasteiger partial charge in [-0.15, -0.1) is 0 Å². The number of rotatable bonds is 5. The lowest BCUT2D eigenvalue weighted by Gasteiger charge is -2.28. The highest BCUT2D eigenvalue weighted by molar-refractivity contribution is 7.89. The first-order chi connectivity index (χ1) is 15.6. The Hall–Kier alpha value is -3.24. The summed E-state index contributed by atoms with van der Waals surface area (Å²) < 4.78 is 47.5. The van der Waals surface area contributed by atoms with Crippen molar-refractivity contribution in [2.24, 2.45) is 11.0 Å². The predicted octanol–water partition coefficient (Wildman–Crippen LogP) is 3.55. The van der Waals surface area contributed by atoms with E-state index in [0.717, 1.165) is 0 Å². The van der Waals surface area contributed by atoms with Crippen molar-refractivity contribution in [2.45, 2.75) is 24.3 Å². The molecular weight excluding hydrogens is 449 g/mol. The van der Waals surface area contributed by atoms with Gasteiger partial charge in [0.1, 0.15) is 11.4 Å². The third-order valence-corrected chi connectivity index (χ3v) is 7.67. The molecule has 0 unspecified atom stereocenters. The first-order valence-corrected chi connectivity index (χ1v) is 11.9. The fourth-order valence-electron chi connectivity index (χ4n) is 4.03. The Morgan fingerprint density at radius 3 is 2.85 bits per heavy atom. The van der Waals surface area contributed by atoms with Crippen LogP contribution in [-0.2, 0) is 14.8 Å². The van der Waals surface area contributed by atoms with Gasteiger partial charge in [-0.2, -0.15) is 9.41 Å². The molecule has 1 fully saturated rings. The Morgan fingerprint density at radius 2 is 2.09 bits per heavy atom. The molecule has 2 aliphatic rings. The monoisotopic (exact) mass is 473 g/mol. The van der Waals surface area contributed by atoms with Crippen LogP contribution >= 0.6 is 0 Å². The number of sulfonamides is 1. The van der Waals surface area contributed by atoms with Gasteiger partial charge in [0, 0.05) is 18.5 Å². The minimum Gasteiger partial charge on any atom is -0.481 e. The van der Waals surface area contributed by atoms with Gasteiger partial charge < -0.3 is 9.52 Å². The molecule has 1 N–H and O–H groups in total. The smallest absolute Gasteiger partial charge is 0.309 e. The number of carboxylic acid groups (broad SMARTS) is 1. The summed E-state index contributed by atoms with van der Waals surface area (Å²) in [7, 11) is -3.79. The molecule has 174 valence electrons. The Labute approximate surface area is 191 Å². The van der Waals surface area contributed by atoms with E-state index in [-0.39, 0.29) is 54.2 Å². The van der Waals surface area contributed by atoms with Gasteiger partial charge in [-0.05, 0) is 47.9 Å². The predicted molar refractivity (Wildman–Crippen MR) is 122 cm³/mol. The van der Waals surface area contributed by atoms with Crippen molar-refractivity contribution < 1.29 is 27.1 Å². The van der Waals surface area contributed by atoms with Gasteiger partial charge in [-0.1, -0.05) is 19.6 Å². The van der Waals surface area contributed by atoms with Crippen LogP contribution in [0.15, 0.2) is 81.1 Å². The number of nitrogens with zero attached hydrogens (tertiary/aromatic N) is 3. The van der Waals surface area contributed by atoms with Gasteiger partial charge in [0.25, 0.3) is 0 Å². The van der Waals surface area contributed by atoms with Crippen LogP contribution in [0.2, 0.25) is 0 Å². The lowest BCUT2D eigenvalue weighted by Crippen LogP contribution is -2.38. The molecule has 0 saturated carbocycles. The maximum absolute atomic E-state index is 14.1. The van der Waals surface area contributed by atoms with E-state index in [9.17, 15) is 22.7 Å². The van der Waals surface area contributed by atoms with Crippen molar-refractivity contribution >= 4 is 32.7 Å². The fourth-order valence-corrected chi connectivity index (χ4v) is 5.63. The summed E-state index contributed by atoms with van der Waals surface area (Å²) in [5, 5.41) is 16.0. The third-order valence-electron chi connectivity index (χ3n) is 5.84. The summed E-state index contributed by atoms with van der Waals surface area (Å²) in [6, 6.07) is 6.03. The van der Waals surface area contributed by atoms with Crippen molar-refractivity contribution in [1.29, 1.82) is 0 Å². The summed E-state index contributed by atoms with van der Waals surface area (Å²) >= 11 is 0. The van der Waals surface area contributed by atoms with E-state index >= 15 is 0 Å². The van der Waals surface area contributed by atoms with Gasteiger partial charge in [0.05, 0.1) is 35.9 Å². The second-order valence-electron chi connectivity index (χ2n) is 8.17. The SMILES string of the molecule is C=C1/C=C\C(F)=C/CN([C@H]2CN(S(=O)(=O)c3ccc4occc4c3)C[C@H]2C)/N=C\1CC(=O)O. The molecule has 3 heterocycles. The molecule has 0 spiro atoms. The summed E-state index contributed by atoms with van der Waals surface area (Å²) in [6.45, 7) is 6.15. The van der Waals surface area contributed by atoms with Crippen LogP contribution < -0.4 is 0 Å². The van der Waals surface area contributed by atoms with Crippen LogP contribution in [0.4, 0.5) is 4.39 Å². The van der Waals surface area contributed by atoms with Crippen molar-refractivity contribution in [3.05, 3.63) is 66.7 Å². The zero-order valence-electron chi connectivity index (χ0n) is 18.0. The summed E-state index contributed by atoms with van der Waals surface area (Å²) in [5.41, 5.74) is 1.08. The number of furan rings is 1. The van der Waals surface area contributed by atoms with Crippen LogP contribution in [0.1, 0.15) is 13.3 Å². The van der Waals surface area contributed by atoms with Crippen LogP contribution in [0.3, 0.4) is 0 Å².